The lowest BCUT2D eigenvalue weighted by molar-refractivity contribution is -0.139. The standard InChI is InChI=1S/C27H38FN5O4/c1-14(2)10-19(30-23(35)21(26(3,4)5)32-22(34)15-11-17(15)28)24(36)33-13-27(12-20(33)29)16-8-6-7-9-18(16)31-25(27)37/h6-9,14-15,17,19-21H,10-13,29H2,1-5H3,(H,30,35)(H,31,37)(H,32,34)/t15?,17?,19-,20-,21+,27-/m0/s1. The van der Waals surface area contributed by atoms with Gasteiger partial charge in [-0.3, -0.25) is 19.2 Å². The second kappa shape index (κ2) is 9.70. The summed E-state index contributed by atoms with van der Waals surface area (Å²) >= 11 is 0. The molecule has 1 saturated carbocycles. The van der Waals surface area contributed by atoms with Crippen molar-refractivity contribution >= 4 is 29.3 Å². The molecule has 0 aromatic heterocycles. The summed E-state index contributed by atoms with van der Waals surface area (Å²) in [5.41, 5.74) is 6.34. The molecule has 5 N–H and O–H groups in total. The first kappa shape index (κ1) is 27.0. The van der Waals surface area contributed by atoms with Gasteiger partial charge in [0.1, 0.15) is 18.3 Å². The second-order valence-corrected chi connectivity index (χ2v) is 12.2. The quantitative estimate of drug-likeness (QED) is 0.440. The Kier molecular flexibility index (Phi) is 7.09. The molecule has 2 aliphatic heterocycles. The third-order valence-electron chi connectivity index (χ3n) is 7.59. The molecule has 1 aliphatic carbocycles. The van der Waals surface area contributed by atoms with Gasteiger partial charge in [0.15, 0.2) is 0 Å². The van der Waals surface area contributed by atoms with Gasteiger partial charge >= 0.3 is 0 Å². The van der Waals surface area contributed by atoms with Crippen LogP contribution in [0.3, 0.4) is 0 Å². The van der Waals surface area contributed by atoms with E-state index in [1.54, 1.807) is 20.8 Å². The number of nitrogens with two attached hydrogens (primary N) is 1. The van der Waals surface area contributed by atoms with Crippen LogP contribution in [0.15, 0.2) is 24.3 Å². The van der Waals surface area contributed by atoms with Crippen LogP contribution in [-0.2, 0) is 24.6 Å². The van der Waals surface area contributed by atoms with E-state index in [1.165, 1.54) is 4.90 Å². The van der Waals surface area contributed by atoms with Gasteiger partial charge in [-0.05, 0) is 35.8 Å². The molecular formula is C27H38FN5O4. The monoisotopic (exact) mass is 515 g/mol. The van der Waals surface area contributed by atoms with E-state index in [9.17, 15) is 23.6 Å². The van der Waals surface area contributed by atoms with Gasteiger partial charge in [-0.1, -0.05) is 52.8 Å². The summed E-state index contributed by atoms with van der Waals surface area (Å²) in [7, 11) is 0. The highest BCUT2D eigenvalue weighted by atomic mass is 19.1. The fourth-order valence-electron chi connectivity index (χ4n) is 5.42. The molecule has 1 aromatic carbocycles. The van der Waals surface area contributed by atoms with Crippen molar-refractivity contribution in [2.75, 3.05) is 11.9 Å². The Balaban J connectivity index is 1.53. The van der Waals surface area contributed by atoms with Crippen LogP contribution in [0.4, 0.5) is 10.1 Å². The maximum Gasteiger partial charge on any atom is 0.246 e. The van der Waals surface area contributed by atoms with Gasteiger partial charge in [0, 0.05) is 18.7 Å². The van der Waals surface area contributed by atoms with E-state index >= 15 is 0 Å². The van der Waals surface area contributed by atoms with Crippen molar-refractivity contribution in [2.45, 2.75) is 83.7 Å². The average Bonchev–Trinajstić information content (AvgIpc) is 3.34. The van der Waals surface area contributed by atoms with Crippen molar-refractivity contribution in [1.29, 1.82) is 0 Å². The Morgan fingerprint density at radius 2 is 1.86 bits per heavy atom. The number of rotatable bonds is 7. The number of benzene rings is 1. The van der Waals surface area contributed by atoms with Gasteiger partial charge in [0.05, 0.1) is 17.5 Å². The van der Waals surface area contributed by atoms with Crippen molar-refractivity contribution in [3.63, 3.8) is 0 Å². The molecule has 6 atom stereocenters. The van der Waals surface area contributed by atoms with Crippen molar-refractivity contribution in [1.82, 2.24) is 15.5 Å². The fraction of sp³-hybridized carbons (Fsp3) is 0.630. The van der Waals surface area contributed by atoms with Crippen molar-refractivity contribution < 1.29 is 23.6 Å². The third kappa shape index (κ3) is 5.21. The topological polar surface area (TPSA) is 134 Å². The molecule has 0 radical (unpaired) electrons. The first-order chi connectivity index (χ1) is 17.2. The number of halogens is 1. The van der Waals surface area contributed by atoms with E-state index in [1.807, 2.05) is 38.1 Å². The van der Waals surface area contributed by atoms with E-state index in [-0.39, 0.29) is 37.1 Å². The first-order valence-electron chi connectivity index (χ1n) is 13.0. The average molecular weight is 516 g/mol. The molecule has 1 aromatic rings. The molecule has 3 aliphatic rings. The maximum atomic E-state index is 13.8. The molecule has 9 nitrogen and oxygen atoms in total. The molecular weight excluding hydrogens is 477 g/mol. The third-order valence-corrected chi connectivity index (χ3v) is 7.59. The number of nitrogens with zero attached hydrogens (tertiary/aromatic N) is 1. The summed E-state index contributed by atoms with van der Waals surface area (Å²) < 4.78 is 13.4. The number of likely N-dealkylation sites (tertiary alicyclic amines) is 1. The van der Waals surface area contributed by atoms with Crippen LogP contribution < -0.4 is 21.7 Å². The Morgan fingerprint density at radius 3 is 2.46 bits per heavy atom. The SMILES string of the molecule is CC(C)C[C@H](NC(=O)[C@@H](NC(=O)C1CC1F)C(C)(C)C)C(=O)N1C[C@]2(C[C@H]1N)C(=O)Nc1ccccc12. The van der Waals surface area contributed by atoms with Crippen LogP contribution in [0.1, 0.15) is 59.4 Å². The van der Waals surface area contributed by atoms with Crippen molar-refractivity contribution in [2.24, 2.45) is 23.0 Å². The van der Waals surface area contributed by atoms with Crippen LogP contribution in [-0.4, -0.2) is 59.5 Å². The summed E-state index contributed by atoms with van der Waals surface area (Å²) in [6.07, 6.45) is -1.10. The maximum absolute atomic E-state index is 13.8. The van der Waals surface area contributed by atoms with E-state index in [0.717, 1.165) is 11.3 Å². The lowest BCUT2D eigenvalue weighted by atomic mass is 9.80. The number of amides is 4. The summed E-state index contributed by atoms with van der Waals surface area (Å²) in [5, 5.41) is 8.43. The number of anilines is 1. The first-order valence-corrected chi connectivity index (χ1v) is 13.0. The molecule has 2 heterocycles. The van der Waals surface area contributed by atoms with E-state index < -0.39 is 53.0 Å². The number of alkyl halides is 1. The number of carbonyl (C=O) groups excluding carboxylic acids is 4. The normalized spacial score (nSPS) is 28.1. The predicted octanol–water partition coefficient (Wildman–Crippen LogP) is 1.81. The number of hydrogen-bond donors (Lipinski definition) is 4. The predicted molar refractivity (Wildman–Crippen MR) is 137 cm³/mol. The number of fused-ring (bicyclic) bond motifs is 2. The van der Waals surface area contributed by atoms with E-state index in [2.05, 4.69) is 16.0 Å². The molecule has 4 amide bonds. The molecule has 37 heavy (non-hydrogen) atoms. The van der Waals surface area contributed by atoms with Crippen molar-refractivity contribution in [3.05, 3.63) is 29.8 Å². The Hall–Kier alpha value is -3.01. The molecule has 10 heteroatoms. The summed E-state index contributed by atoms with van der Waals surface area (Å²) in [4.78, 5) is 54.2. The van der Waals surface area contributed by atoms with Gasteiger partial charge in [0.2, 0.25) is 23.6 Å². The Labute approximate surface area is 217 Å². The Morgan fingerprint density at radius 1 is 1.22 bits per heavy atom. The summed E-state index contributed by atoms with van der Waals surface area (Å²) in [6, 6.07) is 5.54. The molecule has 4 rings (SSSR count). The molecule has 2 fully saturated rings. The van der Waals surface area contributed by atoms with Gasteiger partial charge < -0.3 is 26.6 Å². The van der Waals surface area contributed by atoms with Gasteiger partial charge in [-0.2, -0.15) is 0 Å². The zero-order valence-corrected chi connectivity index (χ0v) is 22.1. The van der Waals surface area contributed by atoms with Crippen molar-refractivity contribution in [3.8, 4) is 0 Å². The minimum atomic E-state index is -1.18. The van der Waals surface area contributed by atoms with Crippen LogP contribution in [0.5, 0.6) is 0 Å². The summed E-state index contributed by atoms with van der Waals surface area (Å²) in [5.74, 6) is -2.23. The highest BCUT2D eigenvalue weighted by Crippen LogP contribution is 2.45. The number of hydrogen-bond acceptors (Lipinski definition) is 5. The van der Waals surface area contributed by atoms with Crippen LogP contribution in [0.25, 0.3) is 0 Å². The van der Waals surface area contributed by atoms with E-state index in [0.29, 0.717) is 6.42 Å². The minimum Gasteiger partial charge on any atom is -0.343 e. The lowest BCUT2D eigenvalue weighted by Gasteiger charge is -2.34. The highest BCUT2D eigenvalue weighted by molar-refractivity contribution is 6.07. The largest absolute Gasteiger partial charge is 0.343 e. The number of para-hydroxylation sites is 1. The van der Waals surface area contributed by atoms with E-state index in [4.69, 9.17) is 5.73 Å². The summed E-state index contributed by atoms with van der Waals surface area (Å²) in [6.45, 7) is 9.39. The zero-order chi connectivity index (χ0) is 27.3. The molecule has 1 saturated heterocycles. The molecule has 202 valence electrons. The fourth-order valence-corrected chi connectivity index (χ4v) is 5.42. The van der Waals surface area contributed by atoms with Gasteiger partial charge in [-0.15, -0.1) is 0 Å². The van der Waals surface area contributed by atoms with Gasteiger partial charge in [0.25, 0.3) is 0 Å². The second-order valence-electron chi connectivity index (χ2n) is 12.2. The molecule has 2 unspecified atom stereocenters. The Bertz CT molecular complexity index is 1100. The number of nitrogens with one attached hydrogen (secondary N) is 3. The zero-order valence-electron chi connectivity index (χ0n) is 22.1. The van der Waals surface area contributed by atoms with Crippen LogP contribution in [0, 0.1) is 17.3 Å². The van der Waals surface area contributed by atoms with Gasteiger partial charge in [-0.25, -0.2) is 4.39 Å². The van der Waals surface area contributed by atoms with Crippen LogP contribution in [0.2, 0.25) is 0 Å². The van der Waals surface area contributed by atoms with Crippen LogP contribution >= 0.6 is 0 Å². The number of carbonyl (C=O) groups is 4. The lowest BCUT2D eigenvalue weighted by Crippen LogP contribution is -2.59. The smallest absolute Gasteiger partial charge is 0.246 e. The minimum absolute atomic E-state index is 0.0685. The molecule has 1 spiro atoms. The molecule has 0 bridgehead atoms. The highest BCUT2D eigenvalue weighted by Gasteiger charge is 2.55.